The van der Waals surface area contributed by atoms with Crippen molar-refractivity contribution in [2.45, 2.75) is 20.0 Å². The first kappa shape index (κ1) is 24.2. The number of aromatic amines is 2. The quantitative estimate of drug-likeness (QED) is 0.271. The number of H-pyrrole nitrogens is 2. The molecule has 0 unspecified atom stereocenters. The van der Waals surface area contributed by atoms with Crippen molar-refractivity contribution in [3.63, 3.8) is 0 Å². The Kier molecular flexibility index (Phi) is 5.97. The number of rotatable bonds is 4. The van der Waals surface area contributed by atoms with Crippen LogP contribution in [0.25, 0.3) is 44.1 Å². The van der Waals surface area contributed by atoms with E-state index in [0.29, 0.717) is 41.3 Å². The van der Waals surface area contributed by atoms with Gasteiger partial charge in [-0.25, -0.2) is 4.98 Å². The van der Waals surface area contributed by atoms with Crippen LogP contribution in [0.3, 0.4) is 0 Å². The minimum atomic E-state index is -0.833. The van der Waals surface area contributed by atoms with Gasteiger partial charge in [-0.2, -0.15) is 5.10 Å². The van der Waals surface area contributed by atoms with Crippen LogP contribution in [-0.2, 0) is 17.9 Å². The molecule has 4 heterocycles. The highest BCUT2D eigenvalue weighted by molar-refractivity contribution is 5.99. The number of carboxylic acids is 1. The van der Waals surface area contributed by atoms with E-state index in [1.54, 1.807) is 6.20 Å². The maximum atomic E-state index is 13.2. The monoisotopic (exact) mass is 524 g/mol. The fourth-order valence-electron chi connectivity index (χ4n) is 4.76. The van der Waals surface area contributed by atoms with E-state index in [0.717, 1.165) is 45.4 Å². The Morgan fingerprint density at radius 2 is 1.87 bits per heavy atom. The predicted octanol–water partition coefficient (Wildman–Crippen LogP) is 3.75. The van der Waals surface area contributed by atoms with Gasteiger partial charge >= 0.3 is 0 Å². The summed E-state index contributed by atoms with van der Waals surface area (Å²) < 4.78 is 13.4. The zero-order valence-electron chi connectivity index (χ0n) is 20.9. The molecule has 0 spiro atoms. The molecule has 6 aromatic rings. The van der Waals surface area contributed by atoms with Gasteiger partial charge in [0.1, 0.15) is 5.69 Å². The van der Waals surface area contributed by atoms with Gasteiger partial charge in [0.05, 0.1) is 28.3 Å². The van der Waals surface area contributed by atoms with Crippen molar-refractivity contribution in [3.8, 4) is 22.8 Å². The van der Waals surface area contributed by atoms with Gasteiger partial charge in [-0.3, -0.25) is 14.7 Å². The van der Waals surface area contributed by atoms with Crippen LogP contribution in [0.5, 0.6) is 11.5 Å². The van der Waals surface area contributed by atoms with Gasteiger partial charge in [-0.05, 0) is 29.3 Å². The van der Waals surface area contributed by atoms with Crippen LogP contribution in [0.1, 0.15) is 18.1 Å². The van der Waals surface area contributed by atoms with Crippen molar-refractivity contribution in [3.05, 3.63) is 82.4 Å². The third-order valence-corrected chi connectivity index (χ3v) is 6.46. The largest absolute Gasteiger partial charge is 0.481 e. The number of hydrogen-bond donors (Lipinski definition) is 4. The molecule has 0 fully saturated rings. The number of benzene rings is 3. The van der Waals surface area contributed by atoms with Gasteiger partial charge < -0.3 is 29.9 Å². The lowest BCUT2D eigenvalue weighted by Crippen LogP contribution is -2.11. The summed E-state index contributed by atoms with van der Waals surface area (Å²) in [4.78, 5) is 30.0. The summed E-state index contributed by atoms with van der Waals surface area (Å²) >= 11 is 0. The molecule has 1 aliphatic heterocycles. The van der Waals surface area contributed by atoms with Crippen molar-refractivity contribution in [1.29, 1.82) is 0 Å². The van der Waals surface area contributed by atoms with E-state index in [1.807, 2.05) is 42.6 Å². The highest BCUT2D eigenvalue weighted by Gasteiger charge is 2.21. The molecule has 5 N–H and O–H groups in total. The van der Waals surface area contributed by atoms with E-state index < -0.39 is 5.97 Å². The number of aromatic nitrogens is 5. The Morgan fingerprint density at radius 3 is 2.67 bits per heavy atom. The summed E-state index contributed by atoms with van der Waals surface area (Å²) in [5.41, 5.74) is 11.9. The van der Waals surface area contributed by atoms with Crippen LogP contribution >= 0.6 is 0 Å². The van der Waals surface area contributed by atoms with Gasteiger partial charge in [0.2, 0.25) is 6.79 Å². The standard InChI is InChI=1S/C26H20N6O3.C2H4O2/c27-9-14-2-1-3-15(4-14)11-32-12-18(17-6-23-24(8-22(17)32)35-13-34-23)25-26(33)30-20-5-16-10-28-31-19(16)7-21(20)29-25;1-2(3)4/h1-8,10,12H,9,11,13,27H2,(H,28,31)(H,30,33);1H3,(H,3,4). The van der Waals surface area contributed by atoms with E-state index in [1.165, 1.54) is 0 Å². The smallest absolute Gasteiger partial charge is 0.300 e. The predicted molar refractivity (Wildman–Crippen MR) is 146 cm³/mol. The average Bonchev–Trinajstić information content (AvgIpc) is 3.64. The lowest BCUT2D eigenvalue weighted by atomic mass is 10.1. The first-order valence-corrected chi connectivity index (χ1v) is 12.2. The molecule has 0 bridgehead atoms. The first-order valence-electron chi connectivity index (χ1n) is 12.2. The van der Waals surface area contributed by atoms with Crippen LogP contribution in [-0.4, -0.2) is 42.6 Å². The molecule has 0 saturated carbocycles. The molecular formula is C28H24N6O5. The minimum Gasteiger partial charge on any atom is -0.481 e. The highest BCUT2D eigenvalue weighted by atomic mass is 16.7. The van der Waals surface area contributed by atoms with E-state index >= 15 is 0 Å². The second-order valence-electron chi connectivity index (χ2n) is 9.18. The van der Waals surface area contributed by atoms with Crippen LogP contribution < -0.4 is 20.8 Å². The number of hydrogen-bond acceptors (Lipinski definition) is 7. The average molecular weight is 525 g/mol. The number of nitrogens with two attached hydrogens (primary N) is 1. The van der Waals surface area contributed by atoms with Gasteiger partial charge in [0.25, 0.3) is 11.5 Å². The summed E-state index contributed by atoms with van der Waals surface area (Å²) in [6.07, 6.45) is 3.68. The Bertz CT molecular complexity index is 1930. The minimum absolute atomic E-state index is 0.171. The zero-order valence-corrected chi connectivity index (χ0v) is 20.9. The number of nitrogens with zero attached hydrogens (tertiary/aromatic N) is 3. The van der Waals surface area contributed by atoms with E-state index in [9.17, 15) is 4.79 Å². The Balaban J connectivity index is 0.000000650. The molecule has 0 atom stereocenters. The van der Waals surface area contributed by atoms with Crippen LogP contribution in [0, 0.1) is 0 Å². The second kappa shape index (κ2) is 9.62. The molecule has 0 amide bonds. The van der Waals surface area contributed by atoms with Gasteiger partial charge in [-0.1, -0.05) is 24.3 Å². The third kappa shape index (κ3) is 4.55. The van der Waals surface area contributed by atoms with Crippen molar-refractivity contribution >= 4 is 38.8 Å². The zero-order chi connectivity index (χ0) is 27.1. The summed E-state index contributed by atoms with van der Waals surface area (Å²) in [6.45, 7) is 2.33. The molecule has 0 radical (unpaired) electrons. The molecule has 196 valence electrons. The second-order valence-corrected chi connectivity index (χ2v) is 9.18. The number of fused-ring (bicyclic) bond motifs is 4. The molecule has 7 rings (SSSR count). The summed E-state index contributed by atoms with van der Waals surface area (Å²) in [7, 11) is 0. The molecular weight excluding hydrogens is 500 g/mol. The van der Waals surface area contributed by atoms with E-state index in [2.05, 4.69) is 31.9 Å². The molecule has 11 heteroatoms. The van der Waals surface area contributed by atoms with E-state index in [-0.39, 0.29) is 12.4 Å². The van der Waals surface area contributed by atoms with Gasteiger partial charge in [0.15, 0.2) is 11.5 Å². The Hall–Kier alpha value is -5.16. The summed E-state index contributed by atoms with van der Waals surface area (Å²) in [6, 6.07) is 15.8. The lowest BCUT2D eigenvalue weighted by molar-refractivity contribution is -0.134. The van der Waals surface area contributed by atoms with Crippen LogP contribution in [0.15, 0.2) is 65.7 Å². The Labute approximate surface area is 220 Å². The fourth-order valence-corrected chi connectivity index (χ4v) is 4.76. The van der Waals surface area contributed by atoms with Crippen LogP contribution in [0.4, 0.5) is 0 Å². The van der Waals surface area contributed by atoms with Crippen molar-refractivity contribution in [2.24, 2.45) is 5.73 Å². The van der Waals surface area contributed by atoms with E-state index in [4.69, 9.17) is 30.1 Å². The normalized spacial score (nSPS) is 12.2. The van der Waals surface area contributed by atoms with Crippen LogP contribution in [0.2, 0.25) is 0 Å². The Morgan fingerprint density at radius 1 is 1.10 bits per heavy atom. The number of carbonyl (C=O) groups is 1. The number of carboxylic acid groups (broad SMARTS) is 1. The molecule has 3 aromatic heterocycles. The molecule has 39 heavy (non-hydrogen) atoms. The topological polar surface area (TPSA) is 161 Å². The maximum Gasteiger partial charge on any atom is 0.300 e. The molecule has 0 saturated heterocycles. The lowest BCUT2D eigenvalue weighted by Gasteiger charge is -2.08. The molecule has 11 nitrogen and oxygen atoms in total. The van der Waals surface area contributed by atoms with Crippen molar-refractivity contribution in [1.82, 2.24) is 24.7 Å². The highest BCUT2D eigenvalue weighted by Crippen LogP contribution is 2.40. The summed E-state index contributed by atoms with van der Waals surface area (Å²) in [5, 5.41) is 16.2. The molecule has 3 aromatic carbocycles. The first-order chi connectivity index (χ1) is 18.9. The number of ether oxygens (including phenoxy) is 2. The molecule has 0 aliphatic carbocycles. The van der Waals surface area contributed by atoms with Gasteiger partial charge in [0, 0.05) is 48.6 Å². The van der Waals surface area contributed by atoms with Crippen molar-refractivity contribution in [2.75, 3.05) is 6.79 Å². The molecule has 1 aliphatic rings. The summed E-state index contributed by atoms with van der Waals surface area (Å²) in [5.74, 6) is 0.499. The third-order valence-electron chi connectivity index (χ3n) is 6.46. The number of aliphatic carboxylic acids is 1. The SMILES string of the molecule is CC(=O)O.NCc1cccc(Cn2cc(-c3nc4cc5[nH]ncc5cc4[nH]c3=O)c3cc4c(cc32)OCO4)c1. The fraction of sp³-hybridized carbons (Fsp3) is 0.143. The van der Waals surface area contributed by atoms with Crippen molar-refractivity contribution < 1.29 is 19.4 Å². The maximum absolute atomic E-state index is 13.2. The van der Waals surface area contributed by atoms with Gasteiger partial charge in [-0.15, -0.1) is 0 Å². The number of nitrogens with one attached hydrogen (secondary N) is 2.